The van der Waals surface area contributed by atoms with Crippen LogP contribution >= 0.6 is 0 Å². The van der Waals surface area contributed by atoms with Crippen molar-refractivity contribution in [2.24, 2.45) is 0 Å². The molecular weight excluding hydrogens is 256 g/mol. The number of aliphatic hydroxyl groups excluding tert-OH is 2. The number of nitrogens with one attached hydrogen (secondary N) is 2. The van der Waals surface area contributed by atoms with Crippen LogP contribution in [0.2, 0.25) is 0 Å². The lowest BCUT2D eigenvalue weighted by Crippen LogP contribution is -2.23. The molecule has 2 unspecified atom stereocenters. The van der Waals surface area contributed by atoms with Crippen LogP contribution in [0.5, 0.6) is 0 Å². The van der Waals surface area contributed by atoms with Crippen LogP contribution in [0.25, 0.3) is 10.9 Å². The summed E-state index contributed by atoms with van der Waals surface area (Å²) in [7, 11) is 1.79. The standard InChI is InChI=1S/C15H20N2O3/c1-9-7-14(19)11-8-10(3-4-12(11)17-9)15(20)13(18)5-6-16-2/h3-4,7-8,13,15-16,18,20H,5-6H2,1-2H3,(H,17,19). The number of rotatable bonds is 5. The van der Waals surface area contributed by atoms with E-state index in [1.165, 1.54) is 6.07 Å². The Morgan fingerprint density at radius 3 is 2.75 bits per heavy atom. The maximum atomic E-state index is 11.9. The third kappa shape index (κ3) is 3.07. The van der Waals surface area contributed by atoms with Crippen LogP contribution in [-0.4, -0.2) is 34.9 Å². The van der Waals surface area contributed by atoms with Gasteiger partial charge < -0.3 is 20.5 Å². The molecule has 4 N–H and O–H groups in total. The molecule has 0 saturated heterocycles. The molecule has 5 heteroatoms. The van der Waals surface area contributed by atoms with Gasteiger partial charge in [-0.1, -0.05) is 6.07 Å². The van der Waals surface area contributed by atoms with Gasteiger partial charge in [0.05, 0.1) is 6.10 Å². The van der Waals surface area contributed by atoms with Gasteiger partial charge in [0.1, 0.15) is 6.10 Å². The van der Waals surface area contributed by atoms with Gasteiger partial charge in [-0.2, -0.15) is 0 Å². The van der Waals surface area contributed by atoms with E-state index in [0.29, 0.717) is 23.9 Å². The minimum Gasteiger partial charge on any atom is -0.390 e. The summed E-state index contributed by atoms with van der Waals surface area (Å²) in [5.74, 6) is 0. The first-order chi connectivity index (χ1) is 9.52. The molecule has 0 saturated carbocycles. The zero-order valence-corrected chi connectivity index (χ0v) is 11.7. The Bertz CT molecular complexity index is 651. The molecule has 5 nitrogen and oxygen atoms in total. The molecule has 2 atom stereocenters. The van der Waals surface area contributed by atoms with Gasteiger partial charge in [-0.3, -0.25) is 4.79 Å². The van der Waals surface area contributed by atoms with Crippen LogP contribution in [0, 0.1) is 6.92 Å². The van der Waals surface area contributed by atoms with E-state index in [0.717, 1.165) is 11.2 Å². The molecule has 0 radical (unpaired) electrons. The number of aliphatic hydroxyl groups is 2. The number of aromatic nitrogens is 1. The first-order valence-corrected chi connectivity index (χ1v) is 6.67. The number of aromatic amines is 1. The SMILES string of the molecule is CNCCC(O)C(O)c1ccc2[nH]c(C)cc(=O)c2c1. The lowest BCUT2D eigenvalue weighted by Gasteiger charge is -2.18. The van der Waals surface area contributed by atoms with Crippen molar-refractivity contribution in [1.82, 2.24) is 10.3 Å². The van der Waals surface area contributed by atoms with Crippen LogP contribution in [-0.2, 0) is 0 Å². The van der Waals surface area contributed by atoms with Crippen LogP contribution in [0.4, 0.5) is 0 Å². The monoisotopic (exact) mass is 276 g/mol. The van der Waals surface area contributed by atoms with Gasteiger partial charge in [-0.15, -0.1) is 0 Å². The Labute approximate surface area is 117 Å². The maximum Gasteiger partial charge on any atom is 0.189 e. The highest BCUT2D eigenvalue weighted by Crippen LogP contribution is 2.21. The molecule has 0 aliphatic carbocycles. The summed E-state index contributed by atoms with van der Waals surface area (Å²) in [6, 6.07) is 6.65. The van der Waals surface area contributed by atoms with Gasteiger partial charge in [-0.25, -0.2) is 0 Å². The molecule has 1 aromatic heterocycles. The Balaban J connectivity index is 2.34. The van der Waals surface area contributed by atoms with Gasteiger partial charge in [0.2, 0.25) is 0 Å². The molecule has 0 aliphatic heterocycles. The van der Waals surface area contributed by atoms with Crippen molar-refractivity contribution in [1.29, 1.82) is 0 Å². The fourth-order valence-electron chi connectivity index (χ4n) is 2.25. The third-order valence-corrected chi connectivity index (χ3v) is 3.38. The molecule has 0 amide bonds. The van der Waals surface area contributed by atoms with Gasteiger partial charge in [0.15, 0.2) is 5.43 Å². The van der Waals surface area contributed by atoms with Crippen LogP contribution < -0.4 is 10.7 Å². The largest absolute Gasteiger partial charge is 0.390 e. The third-order valence-electron chi connectivity index (χ3n) is 3.38. The summed E-state index contributed by atoms with van der Waals surface area (Å²) in [5, 5.41) is 23.5. The predicted octanol–water partition coefficient (Wildman–Crippen LogP) is 0.840. The van der Waals surface area contributed by atoms with E-state index >= 15 is 0 Å². The molecular formula is C15H20N2O3. The van der Waals surface area contributed by atoms with E-state index in [-0.39, 0.29) is 5.43 Å². The highest BCUT2D eigenvalue weighted by Gasteiger charge is 2.18. The van der Waals surface area contributed by atoms with Crippen molar-refractivity contribution in [3.8, 4) is 0 Å². The quantitative estimate of drug-likeness (QED) is 0.652. The second-order valence-electron chi connectivity index (χ2n) is 5.03. The zero-order valence-electron chi connectivity index (χ0n) is 11.7. The molecule has 2 rings (SSSR count). The summed E-state index contributed by atoms with van der Waals surface area (Å²) in [5.41, 5.74) is 1.99. The summed E-state index contributed by atoms with van der Waals surface area (Å²) < 4.78 is 0. The summed E-state index contributed by atoms with van der Waals surface area (Å²) in [4.78, 5) is 15.0. The van der Waals surface area contributed by atoms with Crippen LogP contribution in [0.15, 0.2) is 29.1 Å². The zero-order chi connectivity index (χ0) is 14.7. The lowest BCUT2D eigenvalue weighted by molar-refractivity contribution is 0.0141. The minimum absolute atomic E-state index is 0.0879. The first-order valence-electron chi connectivity index (χ1n) is 6.67. The van der Waals surface area contributed by atoms with E-state index in [1.54, 1.807) is 25.2 Å². The molecule has 0 aliphatic rings. The van der Waals surface area contributed by atoms with Crippen molar-refractivity contribution in [2.45, 2.75) is 25.6 Å². The van der Waals surface area contributed by atoms with E-state index < -0.39 is 12.2 Å². The number of fused-ring (bicyclic) bond motifs is 1. The minimum atomic E-state index is -0.992. The summed E-state index contributed by atoms with van der Waals surface area (Å²) in [6.45, 7) is 2.44. The first kappa shape index (κ1) is 14.7. The summed E-state index contributed by atoms with van der Waals surface area (Å²) in [6.07, 6.45) is -1.40. The topological polar surface area (TPSA) is 85.3 Å². The number of benzene rings is 1. The Kier molecular flexibility index (Phi) is 4.54. The van der Waals surface area contributed by atoms with Gasteiger partial charge >= 0.3 is 0 Å². The lowest BCUT2D eigenvalue weighted by atomic mass is 10.00. The number of aryl methyl sites for hydroxylation is 1. The Hall–Kier alpha value is -1.69. The normalized spacial score (nSPS) is 14.4. The smallest absolute Gasteiger partial charge is 0.189 e. The highest BCUT2D eigenvalue weighted by atomic mass is 16.3. The van der Waals surface area contributed by atoms with Gasteiger partial charge in [0.25, 0.3) is 0 Å². The molecule has 1 heterocycles. The number of hydrogen-bond acceptors (Lipinski definition) is 4. The van der Waals surface area contributed by atoms with Crippen molar-refractivity contribution < 1.29 is 10.2 Å². The van der Waals surface area contributed by atoms with Crippen LogP contribution in [0.3, 0.4) is 0 Å². The maximum absolute atomic E-state index is 11.9. The van der Waals surface area contributed by atoms with E-state index in [1.807, 2.05) is 6.92 Å². The Morgan fingerprint density at radius 2 is 2.05 bits per heavy atom. The second kappa shape index (κ2) is 6.17. The van der Waals surface area contributed by atoms with E-state index in [9.17, 15) is 15.0 Å². The molecule has 0 bridgehead atoms. The fourth-order valence-corrected chi connectivity index (χ4v) is 2.25. The fraction of sp³-hybridized carbons (Fsp3) is 0.400. The average Bonchev–Trinajstić information content (AvgIpc) is 2.43. The number of H-pyrrole nitrogens is 1. The molecule has 2 aromatic rings. The molecule has 0 fully saturated rings. The highest BCUT2D eigenvalue weighted by molar-refractivity contribution is 5.79. The molecule has 0 spiro atoms. The van der Waals surface area contributed by atoms with Crippen molar-refractivity contribution in [3.05, 3.63) is 45.7 Å². The summed E-state index contributed by atoms with van der Waals surface area (Å²) >= 11 is 0. The second-order valence-corrected chi connectivity index (χ2v) is 5.03. The van der Waals surface area contributed by atoms with Gasteiger partial charge in [-0.05, 0) is 44.6 Å². The van der Waals surface area contributed by atoms with Crippen molar-refractivity contribution >= 4 is 10.9 Å². The van der Waals surface area contributed by atoms with Crippen molar-refractivity contribution in [2.75, 3.05) is 13.6 Å². The van der Waals surface area contributed by atoms with E-state index in [2.05, 4.69) is 10.3 Å². The van der Waals surface area contributed by atoms with Crippen LogP contribution in [0.1, 0.15) is 23.8 Å². The molecule has 20 heavy (non-hydrogen) atoms. The predicted molar refractivity (Wildman–Crippen MR) is 78.8 cm³/mol. The van der Waals surface area contributed by atoms with Crippen molar-refractivity contribution in [3.63, 3.8) is 0 Å². The Morgan fingerprint density at radius 1 is 1.30 bits per heavy atom. The van der Waals surface area contributed by atoms with Gasteiger partial charge in [0, 0.05) is 22.7 Å². The number of hydrogen-bond donors (Lipinski definition) is 4. The van der Waals surface area contributed by atoms with E-state index in [4.69, 9.17) is 0 Å². The molecule has 1 aromatic carbocycles. The number of pyridine rings is 1. The molecule has 108 valence electrons. The average molecular weight is 276 g/mol.